The zero-order valence-corrected chi connectivity index (χ0v) is 18.8. The number of imidazole rings is 1. The van der Waals surface area contributed by atoms with Crippen molar-refractivity contribution in [1.29, 1.82) is 0 Å². The maximum atomic E-state index is 10.9. The number of aromatic nitrogens is 2. The first-order valence-corrected chi connectivity index (χ1v) is 11.3. The highest BCUT2D eigenvalue weighted by Crippen LogP contribution is 2.47. The molecule has 8 nitrogen and oxygen atoms in total. The Morgan fingerprint density at radius 3 is 2.70 bits per heavy atom. The fourth-order valence-electron chi connectivity index (χ4n) is 5.22. The van der Waals surface area contributed by atoms with E-state index in [1.807, 2.05) is 19.3 Å². The van der Waals surface area contributed by atoms with Gasteiger partial charge in [0.1, 0.15) is 12.4 Å². The second kappa shape index (κ2) is 8.69. The van der Waals surface area contributed by atoms with Crippen LogP contribution in [0.3, 0.4) is 0 Å². The Kier molecular flexibility index (Phi) is 5.58. The van der Waals surface area contributed by atoms with Crippen LogP contribution in [0.4, 0.5) is 11.4 Å². The van der Waals surface area contributed by atoms with E-state index in [4.69, 9.17) is 9.99 Å². The van der Waals surface area contributed by atoms with E-state index < -0.39 is 4.92 Å². The third-order valence-corrected chi connectivity index (χ3v) is 6.97. The summed E-state index contributed by atoms with van der Waals surface area (Å²) in [6, 6.07) is 15.3. The van der Waals surface area contributed by atoms with E-state index in [-0.39, 0.29) is 24.1 Å². The predicted molar refractivity (Wildman–Crippen MR) is 126 cm³/mol. The first-order chi connectivity index (χ1) is 16.0. The minimum atomic E-state index is -0.399. The molecule has 2 aromatic carbocycles. The van der Waals surface area contributed by atoms with Crippen LogP contribution in [0.5, 0.6) is 0 Å². The van der Waals surface area contributed by atoms with Gasteiger partial charge in [0.05, 0.1) is 10.6 Å². The van der Waals surface area contributed by atoms with E-state index in [1.54, 1.807) is 12.1 Å². The molecule has 33 heavy (non-hydrogen) atoms. The van der Waals surface area contributed by atoms with Gasteiger partial charge < -0.3 is 14.3 Å². The third kappa shape index (κ3) is 3.97. The summed E-state index contributed by atoms with van der Waals surface area (Å²) in [5, 5.41) is 15.6. The van der Waals surface area contributed by atoms with Gasteiger partial charge in [0.2, 0.25) is 0 Å². The molecular formula is C25H27N5O3. The zero-order valence-electron chi connectivity index (χ0n) is 18.8. The Balaban J connectivity index is 1.43. The Morgan fingerprint density at radius 2 is 1.97 bits per heavy atom. The van der Waals surface area contributed by atoms with Crippen molar-refractivity contribution in [1.82, 2.24) is 9.55 Å². The molecule has 3 aromatic rings. The van der Waals surface area contributed by atoms with Crippen LogP contribution < -0.4 is 4.90 Å². The van der Waals surface area contributed by atoms with E-state index in [1.165, 1.54) is 23.4 Å². The molecule has 1 saturated carbocycles. The first kappa shape index (κ1) is 21.2. The van der Waals surface area contributed by atoms with Gasteiger partial charge in [-0.1, -0.05) is 23.4 Å². The Labute approximate surface area is 192 Å². The summed E-state index contributed by atoms with van der Waals surface area (Å²) in [5.74, 6) is 1.42. The number of rotatable bonds is 6. The van der Waals surface area contributed by atoms with Gasteiger partial charge in [0.15, 0.2) is 0 Å². The summed E-state index contributed by atoms with van der Waals surface area (Å²) < 4.78 is 2.18. The van der Waals surface area contributed by atoms with Crippen LogP contribution in [0.2, 0.25) is 0 Å². The van der Waals surface area contributed by atoms with Crippen LogP contribution in [0, 0.1) is 23.0 Å². The van der Waals surface area contributed by atoms with Crippen LogP contribution in [0.25, 0.3) is 0 Å². The number of likely N-dealkylation sites (N-methyl/N-ethyl adjacent to an activating group) is 1. The Bertz CT molecular complexity index is 1190. The smallest absolute Gasteiger partial charge is 0.269 e. The number of non-ortho nitro benzene ring substituents is 1. The molecule has 1 aliphatic carbocycles. The summed E-state index contributed by atoms with van der Waals surface area (Å²) in [4.78, 5) is 23.1. The molecule has 2 heterocycles. The lowest BCUT2D eigenvalue weighted by Gasteiger charge is -2.36. The highest BCUT2D eigenvalue weighted by Gasteiger charge is 2.45. The number of oxime groups is 1. The quantitative estimate of drug-likeness (QED) is 0.406. The van der Waals surface area contributed by atoms with Crippen molar-refractivity contribution in [3.63, 3.8) is 0 Å². The van der Waals surface area contributed by atoms with Crippen molar-refractivity contribution >= 4 is 17.1 Å². The zero-order chi connectivity index (χ0) is 22.9. The number of benzene rings is 2. The Morgan fingerprint density at radius 1 is 1.18 bits per heavy atom. The normalized spacial score (nSPS) is 22.8. The first-order valence-electron chi connectivity index (χ1n) is 11.3. The standard InChI is InChI=1S/C25H27N5O3/c1-17-26-13-14-29(17)15-19-9-12-23-24(21-5-3-4-6-22(21)28(23)2)25(19)27-33-16-18-7-10-20(11-8-18)30(31)32/h3-8,10-11,13-14,19,23-24H,9,12,15-16H2,1-2H3/b27-25+. The van der Waals surface area contributed by atoms with Gasteiger partial charge in [0, 0.05) is 61.7 Å². The number of anilines is 1. The minimum absolute atomic E-state index is 0.0709. The highest BCUT2D eigenvalue weighted by molar-refractivity contribution is 5.97. The molecule has 1 aliphatic heterocycles. The number of nitrogens with zero attached hydrogens (tertiary/aromatic N) is 5. The number of aryl methyl sites for hydroxylation is 1. The summed E-state index contributed by atoms with van der Waals surface area (Å²) in [6.45, 7) is 3.11. The molecule has 0 N–H and O–H groups in total. The van der Waals surface area contributed by atoms with Crippen LogP contribution in [-0.2, 0) is 18.0 Å². The highest BCUT2D eigenvalue weighted by atomic mass is 16.6. The molecule has 0 spiro atoms. The molecule has 3 unspecified atom stereocenters. The number of nitro groups is 1. The van der Waals surface area contributed by atoms with Crippen molar-refractivity contribution in [2.24, 2.45) is 11.1 Å². The molecule has 0 radical (unpaired) electrons. The number of para-hydroxylation sites is 1. The molecule has 5 rings (SSSR count). The van der Waals surface area contributed by atoms with Crippen molar-refractivity contribution in [2.75, 3.05) is 11.9 Å². The second-order valence-corrected chi connectivity index (χ2v) is 8.83. The van der Waals surface area contributed by atoms with Gasteiger partial charge >= 0.3 is 0 Å². The molecule has 1 aromatic heterocycles. The van der Waals surface area contributed by atoms with E-state index in [0.717, 1.165) is 36.5 Å². The van der Waals surface area contributed by atoms with E-state index in [0.29, 0.717) is 6.04 Å². The van der Waals surface area contributed by atoms with Crippen molar-refractivity contribution < 1.29 is 9.76 Å². The Hall–Kier alpha value is -3.68. The van der Waals surface area contributed by atoms with Gasteiger partial charge in [0.25, 0.3) is 5.69 Å². The molecular weight excluding hydrogens is 418 g/mol. The van der Waals surface area contributed by atoms with Crippen LogP contribution in [0.1, 0.15) is 35.7 Å². The van der Waals surface area contributed by atoms with E-state index in [9.17, 15) is 10.1 Å². The van der Waals surface area contributed by atoms with Gasteiger partial charge in [-0.25, -0.2) is 4.98 Å². The van der Waals surface area contributed by atoms with Gasteiger partial charge in [-0.05, 0) is 49.1 Å². The fraction of sp³-hybridized carbons (Fsp3) is 0.360. The average Bonchev–Trinajstić information content (AvgIpc) is 3.36. The topological polar surface area (TPSA) is 85.8 Å². The summed E-state index contributed by atoms with van der Waals surface area (Å²) >= 11 is 0. The maximum absolute atomic E-state index is 10.9. The lowest BCUT2D eigenvalue weighted by Crippen LogP contribution is -2.42. The minimum Gasteiger partial charge on any atom is -0.391 e. The molecule has 2 aliphatic rings. The summed E-state index contributed by atoms with van der Waals surface area (Å²) in [7, 11) is 2.17. The number of nitro benzene ring substituents is 1. The largest absolute Gasteiger partial charge is 0.391 e. The molecule has 1 fully saturated rings. The van der Waals surface area contributed by atoms with Crippen molar-refractivity contribution in [3.05, 3.63) is 88.0 Å². The summed E-state index contributed by atoms with van der Waals surface area (Å²) in [5.41, 5.74) is 4.55. The van der Waals surface area contributed by atoms with Gasteiger partial charge in [-0.15, -0.1) is 0 Å². The predicted octanol–water partition coefficient (Wildman–Crippen LogP) is 4.68. The SMILES string of the molecule is Cc1nccn1CC1CCC2C(/C1=N/OCc1ccc([N+](=O)[O-])cc1)c1ccccc1N2C. The van der Waals surface area contributed by atoms with Crippen molar-refractivity contribution in [3.8, 4) is 0 Å². The van der Waals surface area contributed by atoms with Crippen LogP contribution in [0.15, 0.2) is 66.1 Å². The molecule has 0 amide bonds. The van der Waals surface area contributed by atoms with Gasteiger partial charge in [-0.3, -0.25) is 10.1 Å². The monoisotopic (exact) mass is 445 g/mol. The fourth-order valence-corrected chi connectivity index (χ4v) is 5.22. The summed E-state index contributed by atoms with van der Waals surface area (Å²) in [6.07, 6.45) is 5.97. The average molecular weight is 446 g/mol. The molecule has 3 atom stereocenters. The second-order valence-electron chi connectivity index (χ2n) is 8.83. The molecule has 0 saturated heterocycles. The third-order valence-electron chi connectivity index (χ3n) is 6.97. The van der Waals surface area contributed by atoms with E-state index >= 15 is 0 Å². The van der Waals surface area contributed by atoms with E-state index in [2.05, 4.69) is 45.8 Å². The molecule has 8 heteroatoms. The van der Waals surface area contributed by atoms with Crippen LogP contribution in [-0.4, -0.2) is 33.3 Å². The van der Waals surface area contributed by atoms with Crippen molar-refractivity contribution in [2.45, 2.75) is 44.9 Å². The van der Waals surface area contributed by atoms with Crippen LogP contribution >= 0.6 is 0 Å². The molecule has 170 valence electrons. The maximum Gasteiger partial charge on any atom is 0.269 e. The molecule has 0 bridgehead atoms. The lowest BCUT2D eigenvalue weighted by molar-refractivity contribution is -0.384. The lowest BCUT2D eigenvalue weighted by atomic mass is 9.74. The van der Waals surface area contributed by atoms with Gasteiger partial charge in [-0.2, -0.15) is 0 Å². The number of hydrogen-bond donors (Lipinski definition) is 0. The number of hydrogen-bond acceptors (Lipinski definition) is 6. The number of fused-ring (bicyclic) bond motifs is 3.